The standard InChI is InChI=1S/C15H29NS/c1-12(2)14-4-3-5-15(7-6-14)16-10-13-8-9-17-11-13/h12-16H,3-11H2,1-2H3. The minimum Gasteiger partial charge on any atom is -0.314 e. The van der Waals surface area contributed by atoms with E-state index in [1.165, 1.54) is 56.6 Å². The summed E-state index contributed by atoms with van der Waals surface area (Å²) < 4.78 is 0. The Morgan fingerprint density at radius 3 is 2.71 bits per heavy atom. The maximum atomic E-state index is 3.85. The molecule has 0 aromatic heterocycles. The van der Waals surface area contributed by atoms with Crippen LogP contribution in [0.4, 0.5) is 0 Å². The third kappa shape index (κ3) is 4.48. The van der Waals surface area contributed by atoms with Crippen LogP contribution in [-0.2, 0) is 0 Å². The van der Waals surface area contributed by atoms with Crippen LogP contribution in [0.1, 0.15) is 52.4 Å². The van der Waals surface area contributed by atoms with Crippen molar-refractivity contribution in [3.8, 4) is 0 Å². The number of thioether (sulfide) groups is 1. The summed E-state index contributed by atoms with van der Waals surface area (Å²) in [6, 6.07) is 0.823. The van der Waals surface area contributed by atoms with Gasteiger partial charge in [-0.2, -0.15) is 11.8 Å². The first-order valence-electron chi connectivity index (χ1n) is 7.57. The molecular formula is C15H29NS. The van der Waals surface area contributed by atoms with E-state index in [-0.39, 0.29) is 0 Å². The molecule has 0 bridgehead atoms. The highest BCUT2D eigenvalue weighted by atomic mass is 32.2. The fourth-order valence-corrected chi connectivity index (χ4v) is 4.56. The highest BCUT2D eigenvalue weighted by Gasteiger charge is 2.22. The summed E-state index contributed by atoms with van der Waals surface area (Å²) in [5.74, 6) is 5.63. The Kier molecular flexibility index (Phi) is 5.68. The number of rotatable bonds is 4. The van der Waals surface area contributed by atoms with Crippen LogP contribution in [0.3, 0.4) is 0 Å². The van der Waals surface area contributed by atoms with E-state index in [1.54, 1.807) is 0 Å². The average Bonchev–Trinajstić information content (AvgIpc) is 2.70. The zero-order chi connectivity index (χ0) is 12.1. The van der Waals surface area contributed by atoms with Crippen molar-refractivity contribution >= 4 is 11.8 Å². The normalized spacial score (nSPS) is 35.1. The van der Waals surface area contributed by atoms with Crippen molar-refractivity contribution in [1.29, 1.82) is 0 Å². The van der Waals surface area contributed by atoms with Crippen LogP contribution in [0.25, 0.3) is 0 Å². The molecule has 3 atom stereocenters. The van der Waals surface area contributed by atoms with E-state index >= 15 is 0 Å². The second-order valence-corrected chi connectivity index (χ2v) is 7.50. The van der Waals surface area contributed by atoms with E-state index in [0.29, 0.717) is 0 Å². The maximum Gasteiger partial charge on any atom is 0.00672 e. The lowest BCUT2D eigenvalue weighted by atomic mass is 9.89. The van der Waals surface area contributed by atoms with Gasteiger partial charge in [0.2, 0.25) is 0 Å². The van der Waals surface area contributed by atoms with Gasteiger partial charge < -0.3 is 5.32 Å². The molecule has 1 aliphatic heterocycles. The highest BCUT2D eigenvalue weighted by Crippen LogP contribution is 2.29. The average molecular weight is 255 g/mol. The molecule has 2 aliphatic rings. The molecule has 17 heavy (non-hydrogen) atoms. The summed E-state index contributed by atoms with van der Waals surface area (Å²) in [5, 5.41) is 3.85. The van der Waals surface area contributed by atoms with E-state index in [2.05, 4.69) is 30.9 Å². The molecule has 1 saturated heterocycles. The van der Waals surface area contributed by atoms with Gasteiger partial charge in [-0.3, -0.25) is 0 Å². The van der Waals surface area contributed by atoms with Crippen LogP contribution in [0.5, 0.6) is 0 Å². The zero-order valence-corrected chi connectivity index (χ0v) is 12.4. The molecular weight excluding hydrogens is 226 g/mol. The van der Waals surface area contributed by atoms with E-state index in [4.69, 9.17) is 0 Å². The summed E-state index contributed by atoms with van der Waals surface area (Å²) in [6.45, 7) is 6.08. The fourth-order valence-electron chi connectivity index (χ4n) is 3.28. The largest absolute Gasteiger partial charge is 0.314 e. The van der Waals surface area contributed by atoms with Crippen LogP contribution < -0.4 is 5.32 Å². The Labute approximate surface area is 112 Å². The first kappa shape index (κ1) is 13.7. The SMILES string of the molecule is CC(C)C1CCCC(NCC2CCSC2)CC1. The second kappa shape index (κ2) is 7.04. The Balaban J connectivity index is 1.67. The van der Waals surface area contributed by atoms with Crippen molar-refractivity contribution in [2.24, 2.45) is 17.8 Å². The van der Waals surface area contributed by atoms with Crippen LogP contribution in [0.15, 0.2) is 0 Å². The molecule has 0 amide bonds. The molecule has 1 saturated carbocycles. The van der Waals surface area contributed by atoms with Crippen molar-refractivity contribution in [2.75, 3.05) is 18.1 Å². The third-order valence-electron chi connectivity index (χ3n) is 4.68. The van der Waals surface area contributed by atoms with Gasteiger partial charge in [0.1, 0.15) is 0 Å². The molecule has 2 fully saturated rings. The van der Waals surface area contributed by atoms with Gasteiger partial charge in [0, 0.05) is 6.04 Å². The zero-order valence-electron chi connectivity index (χ0n) is 11.6. The third-order valence-corrected chi connectivity index (χ3v) is 5.91. The summed E-state index contributed by atoms with van der Waals surface area (Å²) in [7, 11) is 0. The van der Waals surface area contributed by atoms with Crippen molar-refractivity contribution < 1.29 is 0 Å². The molecule has 1 aliphatic carbocycles. The van der Waals surface area contributed by atoms with Crippen LogP contribution >= 0.6 is 11.8 Å². The lowest BCUT2D eigenvalue weighted by Gasteiger charge is -2.20. The van der Waals surface area contributed by atoms with E-state index in [1.807, 2.05) is 0 Å². The van der Waals surface area contributed by atoms with Crippen molar-refractivity contribution in [1.82, 2.24) is 5.32 Å². The van der Waals surface area contributed by atoms with Gasteiger partial charge in [-0.1, -0.05) is 26.7 Å². The van der Waals surface area contributed by atoms with Gasteiger partial charge in [0.25, 0.3) is 0 Å². The van der Waals surface area contributed by atoms with Crippen molar-refractivity contribution in [2.45, 2.75) is 58.4 Å². The van der Waals surface area contributed by atoms with E-state index < -0.39 is 0 Å². The quantitative estimate of drug-likeness (QED) is 0.764. The molecule has 1 nitrogen and oxygen atoms in total. The number of hydrogen-bond acceptors (Lipinski definition) is 2. The molecule has 2 rings (SSSR count). The Morgan fingerprint density at radius 2 is 2.00 bits per heavy atom. The van der Waals surface area contributed by atoms with E-state index in [9.17, 15) is 0 Å². The minimum absolute atomic E-state index is 0.823. The molecule has 0 aromatic carbocycles. The number of nitrogens with one attached hydrogen (secondary N) is 1. The summed E-state index contributed by atoms with van der Waals surface area (Å²) in [5.41, 5.74) is 0. The summed E-state index contributed by atoms with van der Waals surface area (Å²) in [4.78, 5) is 0. The van der Waals surface area contributed by atoms with Crippen molar-refractivity contribution in [3.63, 3.8) is 0 Å². The van der Waals surface area contributed by atoms with E-state index in [0.717, 1.165) is 23.8 Å². The summed E-state index contributed by atoms with van der Waals surface area (Å²) in [6.07, 6.45) is 8.65. The second-order valence-electron chi connectivity index (χ2n) is 6.35. The smallest absolute Gasteiger partial charge is 0.00672 e. The maximum absolute atomic E-state index is 3.85. The molecule has 0 radical (unpaired) electrons. The minimum atomic E-state index is 0.823. The topological polar surface area (TPSA) is 12.0 Å². The fraction of sp³-hybridized carbons (Fsp3) is 1.00. The molecule has 1 N–H and O–H groups in total. The predicted molar refractivity (Wildman–Crippen MR) is 78.6 cm³/mol. The molecule has 1 heterocycles. The van der Waals surface area contributed by atoms with Crippen LogP contribution in [-0.4, -0.2) is 24.1 Å². The lowest BCUT2D eigenvalue weighted by molar-refractivity contribution is 0.336. The molecule has 2 heteroatoms. The van der Waals surface area contributed by atoms with Gasteiger partial charge in [-0.05, 0) is 61.5 Å². The van der Waals surface area contributed by atoms with Crippen LogP contribution in [0.2, 0.25) is 0 Å². The van der Waals surface area contributed by atoms with Gasteiger partial charge in [-0.15, -0.1) is 0 Å². The van der Waals surface area contributed by atoms with Gasteiger partial charge >= 0.3 is 0 Å². The molecule has 0 aromatic rings. The first-order valence-corrected chi connectivity index (χ1v) is 8.72. The predicted octanol–water partition coefficient (Wildman–Crippen LogP) is 3.93. The Bertz CT molecular complexity index is 211. The Morgan fingerprint density at radius 1 is 1.12 bits per heavy atom. The Hall–Kier alpha value is 0.310. The lowest BCUT2D eigenvalue weighted by Crippen LogP contribution is -2.33. The number of hydrogen-bond donors (Lipinski definition) is 1. The van der Waals surface area contributed by atoms with Crippen LogP contribution in [0, 0.1) is 17.8 Å². The van der Waals surface area contributed by atoms with Crippen molar-refractivity contribution in [3.05, 3.63) is 0 Å². The molecule has 3 unspecified atom stereocenters. The van der Waals surface area contributed by atoms with Gasteiger partial charge in [0.05, 0.1) is 0 Å². The molecule has 100 valence electrons. The molecule has 0 spiro atoms. The monoisotopic (exact) mass is 255 g/mol. The summed E-state index contributed by atoms with van der Waals surface area (Å²) >= 11 is 2.14. The highest BCUT2D eigenvalue weighted by molar-refractivity contribution is 7.99. The first-order chi connectivity index (χ1) is 8.25. The van der Waals surface area contributed by atoms with Gasteiger partial charge in [0.15, 0.2) is 0 Å². The van der Waals surface area contributed by atoms with Gasteiger partial charge in [-0.25, -0.2) is 0 Å².